The van der Waals surface area contributed by atoms with E-state index >= 15 is 0 Å². The molecule has 3 aromatic rings. The molecule has 1 aliphatic rings. The van der Waals surface area contributed by atoms with Crippen LogP contribution in [0.5, 0.6) is 0 Å². The highest BCUT2D eigenvalue weighted by Gasteiger charge is 2.23. The fraction of sp³-hybridized carbons (Fsp3) is 0.379. The molecule has 1 aliphatic carbocycles. The van der Waals surface area contributed by atoms with Crippen LogP contribution in [0.25, 0.3) is 0 Å². The van der Waals surface area contributed by atoms with E-state index in [1.807, 2.05) is 6.07 Å². The van der Waals surface area contributed by atoms with Crippen molar-refractivity contribution in [1.29, 1.82) is 0 Å². The molecule has 0 nitrogen and oxygen atoms in total. The summed E-state index contributed by atoms with van der Waals surface area (Å²) in [6.07, 6.45) is 8.27. The Balaban J connectivity index is 1.23. The zero-order chi connectivity index (χ0) is 21.6. The van der Waals surface area contributed by atoms with Crippen LogP contribution in [0.2, 0.25) is 5.02 Å². The predicted octanol–water partition coefficient (Wildman–Crippen LogP) is 8.73. The number of halogens is 2. The van der Waals surface area contributed by atoms with Gasteiger partial charge in [0, 0.05) is 0 Å². The van der Waals surface area contributed by atoms with Crippen molar-refractivity contribution in [2.45, 2.75) is 63.7 Å². The van der Waals surface area contributed by atoms with E-state index in [1.165, 1.54) is 36.0 Å². The van der Waals surface area contributed by atoms with Gasteiger partial charge in [-0.1, -0.05) is 79.2 Å². The summed E-state index contributed by atoms with van der Waals surface area (Å²) in [7, 11) is 0. The van der Waals surface area contributed by atoms with E-state index in [-0.39, 0.29) is 10.8 Å². The normalized spacial score (nSPS) is 19.8. The van der Waals surface area contributed by atoms with Crippen LogP contribution in [0.15, 0.2) is 72.8 Å². The van der Waals surface area contributed by atoms with Crippen molar-refractivity contribution in [2.75, 3.05) is 0 Å². The van der Waals surface area contributed by atoms with Crippen molar-refractivity contribution in [3.63, 3.8) is 0 Å². The fourth-order valence-corrected chi connectivity index (χ4v) is 5.13. The molecule has 1 saturated carbocycles. The predicted molar refractivity (Wildman–Crippen MR) is 129 cm³/mol. The van der Waals surface area contributed by atoms with Gasteiger partial charge >= 0.3 is 0 Å². The van der Waals surface area contributed by atoms with E-state index in [4.69, 9.17) is 11.6 Å². The van der Waals surface area contributed by atoms with Crippen LogP contribution in [0, 0.1) is 11.7 Å². The molecule has 2 heteroatoms. The average molecular weight is 435 g/mol. The van der Waals surface area contributed by atoms with Gasteiger partial charge in [-0.2, -0.15) is 0 Å². The summed E-state index contributed by atoms with van der Waals surface area (Å²) < 4.78 is 13.8. The lowest BCUT2D eigenvalue weighted by atomic mass is 9.77. The first-order valence-electron chi connectivity index (χ1n) is 11.7. The molecule has 0 unspecified atom stereocenters. The van der Waals surface area contributed by atoms with Gasteiger partial charge in [0.25, 0.3) is 0 Å². The van der Waals surface area contributed by atoms with Gasteiger partial charge in [-0.3, -0.25) is 0 Å². The topological polar surface area (TPSA) is 0 Å². The molecule has 0 bridgehead atoms. The van der Waals surface area contributed by atoms with Crippen molar-refractivity contribution < 1.29 is 4.39 Å². The molecule has 3 aromatic carbocycles. The van der Waals surface area contributed by atoms with E-state index in [9.17, 15) is 4.39 Å². The molecule has 0 N–H and O–H groups in total. The standard InChI is InChI=1S/C29H32ClF/c1-21(25-5-3-2-4-6-25)19-24-11-9-22(10-12-24)7-8-23-13-15-26(16-14-23)27-17-18-28(30)29(31)20-27/h2-6,9-12,17-18,20-21,23,26H,7-8,13-16,19H2,1H3/t21-,23?,26?/m0/s1. The van der Waals surface area contributed by atoms with Crippen LogP contribution < -0.4 is 0 Å². The molecule has 4 rings (SSSR count). The first-order valence-corrected chi connectivity index (χ1v) is 12.0. The lowest BCUT2D eigenvalue weighted by Crippen LogP contribution is -2.14. The highest BCUT2D eigenvalue weighted by Crippen LogP contribution is 2.38. The maximum absolute atomic E-state index is 13.8. The third kappa shape index (κ3) is 5.98. The highest BCUT2D eigenvalue weighted by molar-refractivity contribution is 6.30. The first kappa shape index (κ1) is 22.1. The second-order valence-electron chi connectivity index (χ2n) is 9.26. The molecule has 0 saturated heterocycles. The Bertz CT molecular complexity index is 956. The number of benzene rings is 3. The largest absolute Gasteiger partial charge is 0.205 e. The quantitative estimate of drug-likeness (QED) is 0.348. The summed E-state index contributed by atoms with van der Waals surface area (Å²) in [5, 5.41) is 0.220. The second-order valence-corrected chi connectivity index (χ2v) is 9.67. The van der Waals surface area contributed by atoms with E-state index < -0.39 is 0 Å². The molecule has 31 heavy (non-hydrogen) atoms. The molecule has 0 spiro atoms. The molecule has 0 amide bonds. The van der Waals surface area contributed by atoms with Crippen LogP contribution in [-0.4, -0.2) is 0 Å². The maximum atomic E-state index is 13.8. The molecule has 162 valence electrons. The Morgan fingerprint density at radius 3 is 2.23 bits per heavy atom. The minimum absolute atomic E-state index is 0.220. The molecule has 0 aliphatic heterocycles. The number of aryl methyl sites for hydroxylation is 1. The Morgan fingerprint density at radius 2 is 1.55 bits per heavy atom. The molecular weight excluding hydrogens is 403 g/mol. The summed E-state index contributed by atoms with van der Waals surface area (Å²) in [5.41, 5.74) is 5.37. The summed E-state index contributed by atoms with van der Waals surface area (Å²) in [5.74, 6) is 1.51. The molecular formula is C29H32ClF. The van der Waals surface area contributed by atoms with Crippen molar-refractivity contribution in [2.24, 2.45) is 5.92 Å². The maximum Gasteiger partial charge on any atom is 0.142 e. The van der Waals surface area contributed by atoms with Gasteiger partial charge < -0.3 is 0 Å². The Morgan fingerprint density at radius 1 is 0.871 bits per heavy atom. The number of hydrogen-bond donors (Lipinski definition) is 0. The first-order chi connectivity index (χ1) is 15.1. The van der Waals surface area contributed by atoms with Gasteiger partial charge in [0.2, 0.25) is 0 Å². The zero-order valence-corrected chi connectivity index (χ0v) is 19.1. The van der Waals surface area contributed by atoms with E-state index in [2.05, 4.69) is 61.5 Å². The van der Waals surface area contributed by atoms with Crippen molar-refractivity contribution in [3.05, 3.63) is 106 Å². The fourth-order valence-electron chi connectivity index (χ4n) is 5.02. The third-order valence-corrected chi connectivity index (χ3v) is 7.34. The average Bonchev–Trinajstić information content (AvgIpc) is 2.81. The number of hydrogen-bond acceptors (Lipinski definition) is 0. The van der Waals surface area contributed by atoms with Crippen LogP contribution in [-0.2, 0) is 12.8 Å². The molecule has 0 aromatic heterocycles. The van der Waals surface area contributed by atoms with Gasteiger partial charge in [0.1, 0.15) is 5.82 Å². The van der Waals surface area contributed by atoms with E-state index in [1.54, 1.807) is 12.1 Å². The van der Waals surface area contributed by atoms with Crippen molar-refractivity contribution >= 4 is 11.6 Å². The molecule has 0 heterocycles. The summed E-state index contributed by atoms with van der Waals surface area (Å²) in [6, 6.07) is 25.3. The van der Waals surface area contributed by atoms with Crippen molar-refractivity contribution in [3.8, 4) is 0 Å². The summed E-state index contributed by atoms with van der Waals surface area (Å²) >= 11 is 5.83. The van der Waals surface area contributed by atoms with Crippen LogP contribution in [0.3, 0.4) is 0 Å². The Kier molecular flexibility index (Phi) is 7.45. The van der Waals surface area contributed by atoms with Gasteiger partial charge in [-0.15, -0.1) is 0 Å². The third-order valence-electron chi connectivity index (χ3n) is 7.04. The van der Waals surface area contributed by atoms with Crippen LogP contribution in [0.1, 0.15) is 73.1 Å². The lowest BCUT2D eigenvalue weighted by molar-refractivity contribution is 0.310. The van der Waals surface area contributed by atoms with E-state index in [0.29, 0.717) is 11.8 Å². The molecule has 1 atom stereocenters. The summed E-state index contributed by atoms with van der Waals surface area (Å²) in [4.78, 5) is 0. The molecule has 0 radical (unpaired) electrons. The minimum Gasteiger partial charge on any atom is -0.205 e. The van der Waals surface area contributed by atoms with Crippen molar-refractivity contribution in [1.82, 2.24) is 0 Å². The van der Waals surface area contributed by atoms with Gasteiger partial charge in [-0.05, 0) is 97.1 Å². The van der Waals surface area contributed by atoms with Crippen LogP contribution >= 0.6 is 11.6 Å². The van der Waals surface area contributed by atoms with Gasteiger partial charge in [-0.25, -0.2) is 4.39 Å². The Hall–Kier alpha value is -2.12. The molecule has 1 fully saturated rings. The Labute approximate surface area is 191 Å². The SMILES string of the molecule is C[C@@H](Cc1ccc(CCC2CCC(c3ccc(Cl)c(F)c3)CC2)cc1)c1ccccc1. The van der Waals surface area contributed by atoms with Gasteiger partial charge in [0.15, 0.2) is 0 Å². The second kappa shape index (κ2) is 10.5. The summed E-state index contributed by atoms with van der Waals surface area (Å²) in [6.45, 7) is 2.30. The van der Waals surface area contributed by atoms with Gasteiger partial charge in [0.05, 0.1) is 5.02 Å². The smallest absolute Gasteiger partial charge is 0.142 e. The zero-order valence-electron chi connectivity index (χ0n) is 18.4. The monoisotopic (exact) mass is 434 g/mol. The number of rotatable bonds is 7. The lowest BCUT2D eigenvalue weighted by Gasteiger charge is -2.29. The van der Waals surface area contributed by atoms with E-state index in [0.717, 1.165) is 37.2 Å². The minimum atomic E-state index is -0.289. The highest BCUT2D eigenvalue weighted by atomic mass is 35.5. The van der Waals surface area contributed by atoms with Crippen LogP contribution in [0.4, 0.5) is 4.39 Å².